The van der Waals surface area contributed by atoms with E-state index in [-0.39, 0.29) is 38.1 Å². The molecule has 2 N–H and O–H groups in total. The van der Waals surface area contributed by atoms with Gasteiger partial charge in [0.2, 0.25) is 10.0 Å². The van der Waals surface area contributed by atoms with Crippen LogP contribution in [0.1, 0.15) is 11.7 Å². The lowest BCUT2D eigenvalue weighted by Gasteiger charge is -2.26. The molecule has 2 aromatic carbocycles. The Bertz CT molecular complexity index is 1260. The quantitative estimate of drug-likeness (QED) is 0.0966. The number of ether oxygens (including phenoxy) is 4. The highest BCUT2D eigenvalue weighted by Crippen LogP contribution is 2.33. The summed E-state index contributed by atoms with van der Waals surface area (Å²) in [6, 6.07) is 11.3. The third kappa shape index (κ3) is 14.9. The molecule has 0 aliphatic rings. The van der Waals surface area contributed by atoms with Crippen LogP contribution in [-0.4, -0.2) is 82.4 Å². The second kappa shape index (κ2) is 17.2. The molecule has 43 heavy (non-hydrogen) atoms. The molecule has 0 saturated heterocycles. The minimum Gasteiger partial charge on any atom is -0.489 e. The number of rotatable bonds is 20. The third-order valence-corrected chi connectivity index (χ3v) is 11.3. The SMILES string of the molecule is C[Si](C)(C)CCOCOc1ccc(C(O)CNCCOc2ccc(Br)cc2F)cc1N(COCC[Si](C)(C)C)S(C)(=O)=O. The van der Waals surface area contributed by atoms with Crippen molar-refractivity contribution in [2.45, 2.75) is 57.5 Å². The van der Waals surface area contributed by atoms with Crippen LogP contribution in [0.2, 0.25) is 51.4 Å². The van der Waals surface area contributed by atoms with Gasteiger partial charge in [0.1, 0.15) is 19.1 Å². The number of halogens is 2. The first-order valence-electron chi connectivity index (χ1n) is 14.3. The summed E-state index contributed by atoms with van der Waals surface area (Å²) in [5.74, 6) is -0.0187. The van der Waals surface area contributed by atoms with E-state index >= 15 is 0 Å². The second-order valence-electron chi connectivity index (χ2n) is 12.8. The number of benzene rings is 2. The van der Waals surface area contributed by atoms with Crippen LogP contribution >= 0.6 is 15.9 Å². The summed E-state index contributed by atoms with van der Waals surface area (Å²) in [6.45, 7) is 14.9. The van der Waals surface area contributed by atoms with Crippen molar-refractivity contribution >= 4 is 47.8 Å². The molecule has 1 unspecified atom stereocenters. The van der Waals surface area contributed by atoms with Crippen molar-refractivity contribution in [1.29, 1.82) is 0 Å². The van der Waals surface area contributed by atoms with Gasteiger partial charge >= 0.3 is 0 Å². The molecular weight excluding hydrogens is 675 g/mol. The Labute approximate surface area is 267 Å². The van der Waals surface area contributed by atoms with Crippen molar-refractivity contribution < 1.29 is 36.9 Å². The Balaban J connectivity index is 2.12. The van der Waals surface area contributed by atoms with Gasteiger partial charge in [-0.05, 0) is 48.0 Å². The fourth-order valence-corrected chi connectivity index (χ4v) is 6.27. The van der Waals surface area contributed by atoms with Gasteiger partial charge in [0.05, 0.1) is 18.0 Å². The van der Waals surface area contributed by atoms with Gasteiger partial charge in [-0.15, -0.1) is 0 Å². The first kappa shape index (κ1) is 37.7. The Morgan fingerprint density at radius 2 is 1.56 bits per heavy atom. The van der Waals surface area contributed by atoms with Gasteiger partial charge in [-0.25, -0.2) is 17.1 Å². The first-order valence-corrected chi connectivity index (χ1v) is 24.4. The number of nitrogens with zero attached hydrogens (tertiary/aromatic N) is 1. The molecule has 14 heteroatoms. The highest BCUT2D eigenvalue weighted by Gasteiger charge is 2.24. The predicted octanol–water partition coefficient (Wildman–Crippen LogP) is 6.06. The number of nitrogens with one attached hydrogen (secondary N) is 1. The van der Waals surface area contributed by atoms with Crippen molar-refractivity contribution in [3.05, 3.63) is 52.3 Å². The summed E-state index contributed by atoms with van der Waals surface area (Å²) in [4.78, 5) is 0. The number of aliphatic hydroxyl groups excluding tert-OH is 1. The van der Waals surface area contributed by atoms with Gasteiger partial charge < -0.3 is 29.4 Å². The lowest BCUT2D eigenvalue weighted by molar-refractivity contribution is 0.0222. The monoisotopic (exact) mass is 722 g/mol. The number of anilines is 1. The van der Waals surface area contributed by atoms with Gasteiger partial charge in [-0.3, -0.25) is 0 Å². The normalized spacial score (nSPS) is 13.2. The zero-order valence-electron chi connectivity index (χ0n) is 26.4. The van der Waals surface area contributed by atoms with Crippen LogP contribution in [0.25, 0.3) is 0 Å². The van der Waals surface area contributed by atoms with Gasteiger partial charge in [0.15, 0.2) is 18.4 Å². The smallest absolute Gasteiger partial charge is 0.234 e. The van der Waals surface area contributed by atoms with Gasteiger partial charge in [-0.2, -0.15) is 0 Å². The molecule has 1 atom stereocenters. The van der Waals surface area contributed by atoms with Crippen LogP contribution in [0.15, 0.2) is 40.9 Å². The van der Waals surface area contributed by atoms with Crippen molar-refractivity contribution in [2.24, 2.45) is 0 Å². The van der Waals surface area contributed by atoms with E-state index in [1.54, 1.807) is 30.3 Å². The zero-order chi connectivity index (χ0) is 32.3. The Morgan fingerprint density at radius 1 is 0.930 bits per heavy atom. The van der Waals surface area contributed by atoms with E-state index in [0.717, 1.165) is 22.6 Å². The minimum absolute atomic E-state index is 0.0337. The van der Waals surface area contributed by atoms with E-state index in [0.29, 0.717) is 35.5 Å². The highest BCUT2D eigenvalue weighted by atomic mass is 79.9. The van der Waals surface area contributed by atoms with E-state index in [1.165, 1.54) is 6.07 Å². The zero-order valence-corrected chi connectivity index (χ0v) is 30.8. The molecule has 2 rings (SSSR count). The molecule has 0 saturated carbocycles. The van der Waals surface area contributed by atoms with E-state index in [4.69, 9.17) is 18.9 Å². The molecule has 0 spiro atoms. The van der Waals surface area contributed by atoms with Crippen molar-refractivity contribution in [3.63, 3.8) is 0 Å². The molecule has 0 heterocycles. The maximum absolute atomic E-state index is 14.0. The van der Waals surface area contributed by atoms with Crippen molar-refractivity contribution in [2.75, 3.05) is 57.0 Å². The molecular formula is C29H48BrFN2O7SSi2. The minimum atomic E-state index is -3.75. The third-order valence-electron chi connectivity index (χ3n) is 6.30. The average Bonchev–Trinajstić information content (AvgIpc) is 2.87. The fraction of sp³-hybridized carbons (Fsp3) is 0.586. The molecule has 0 bridgehead atoms. The first-order chi connectivity index (χ1) is 20.0. The van der Waals surface area contributed by atoms with E-state index < -0.39 is 38.1 Å². The molecule has 0 aliphatic carbocycles. The lowest BCUT2D eigenvalue weighted by Crippen LogP contribution is -2.34. The molecule has 2 aromatic rings. The number of hydrogen-bond donors (Lipinski definition) is 2. The largest absolute Gasteiger partial charge is 0.489 e. The molecule has 0 fully saturated rings. The standard InChI is InChI=1S/C29H48BrFN2O7SSi2/c1-41(35,36)33(21-37-14-16-42(2,3)4)26-18-23(8-10-29(26)40-22-38-15-17-43(5,6)7)27(34)20-32-12-13-39-28-11-9-24(30)19-25(28)31/h8-11,18-19,27,32,34H,12-17,20-22H2,1-7H3. The summed E-state index contributed by atoms with van der Waals surface area (Å²) >= 11 is 3.21. The van der Waals surface area contributed by atoms with Gasteiger partial charge in [-0.1, -0.05) is 61.3 Å². The summed E-state index contributed by atoms with van der Waals surface area (Å²) in [6.07, 6.45) is 0.154. The van der Waals surface area contributed by atoms with Crippen LogP contribution in [-0.2, 0) is 19.5 Å². The van der Waals surface area contributed by atoms with E-state index in [9.17, 15) is 17.9 Å². The Morgan fingerprint density at radius 3 is 2.16 bits per heavy atom. The summed E-state index contributed by atoms with van der Waals surface area (Å²) in [7, 11) is -6.40. The summed E-state index contributed by atoms with van der Waals surface area (Å²) < 4.78 is 64.4. The Hall–Kier alpha value is -1.53. The second-order valence-corrected chi connectivity index (χ2v) is 26.9. The maximum Gasteiger partial charge on any atom is 0.234 e. The Kier molecular flexibility index (Phi) is 15.1. The average molecular weight is 724 g/mol. The molecule has 0 radical (unpaired) electrons. The van der Waals surface area contributed by atoms with Crippen molar-refractivity contribution in [1.82, 2.24) is 5.32 Å². The number of sulfonamides is 1. The highest BCUT2D eigenvalue weighted by molar-refractivity contribution is 9.10. The van der Waals surface area contributed by atoms with Crippen LogP contribution in [0.5, 0.6) is 11.5 Å². The fourth-order valence-electron chi connectivity index (χ4n) is 3.65. The van der Waals surface area contributed by atoms with Gasteiger partial charge in [0.25, 0.3) is 0 Å². The molecule has 9 nitrogen and oxygen atoms in total. The molecule has 0 aromatic heterocycles. The van der Waals surface area contributed by atoms with Crippen LogP contribution < -0.4 is 19.1 Å². The van der Waals surface area contributed by atoms with E-state index in [2.05, 4.69) is 60.5 Å². The molecule has 0 amide bonds. The summed E-state index contributed by atoms with van der Waals surface area (Å²) in [5, 5.41) is 14.0. The van der Waals surface area contributed by atoms with Crippen molar-refractivity contribution in [3.8, 4) is 11.5 Å². The van der Waals surface area contributed by atoms with Gasteiger partial charge in [0, 0.05) is 46.9 Å². The number of aliphatic hydroxyl groups is 1. The van der Waals surface area contributed by atoms with Crippen LogP contribution in [0.4, 0.5) is 10.1 Å². The van der Waals surface area contributed by atoms with E-state index in [1.807, 2.05) is 0 Å². The predicted molar refractivity (Wildman–Crippen MR) is 180 cm³/mol. The number of hydrogen-bond acceptors (Lipinski definition) is 8. The molecule has 244 valence electrons. The molecule has 0 aliphatic heterocycles. The lowest BCUT2D eigenvalue weighted by atomic mass is 10.1. The van der Waals surface area contributed by atoms with Crippen LogP contribution in [0, 0.1) is 5.82 Å². The summed E-state index contributed by atoms with van der Waals surface area (Å²) in [5.41, 5.74) is 0.750. The topological polar surface area (TPSA) is 107 Å². The van der Waals surface area contributed by atoms with Crippen LogP contribution in [0.3, 0.4) is 0 Å². The maximum atomic E-state index is 14.0.